The Hall–Kier alpha value is -0.860. The van der Waals surface area contributed by atoms with E-state index in [1.165, 1.54) is 18.4 Å². The topological polar surface area (TPSA) is 21.3 Å². The first-order valence-corrected chi connectivity index (χ1v) is 6.22. The van der Waals surface area contributed by atoms with Gasteiger partial charge in [0.25, 0.3) is 0 Å². The SMILES string of the molecule is CC(Cc1ccccc1)NC1CCCOC1. The summed E-state index contributed by atoms with van der Waals surface area (Å²) in [6, 6.07) is 11.7. The van der Waals surface area contributed by atoms with Crippen molar-refractivity contribution in [2.75, 3.05) is 13.2 Å². The molecule has 16 heavy (non-hydrogen) atoms. The smallest absolute Gasteiger partial charge is 0.0619 e. The van der Waals surface area contributed by atoms with Crippen molar-refractivity contribution >= 4 is 0 Å². The fourth-order valence-corrected chi connectivity index (χ4v) is 2.30. The van der Waals surface area contributed by atoms with Crippen LogP contribution in [0.15, 0.2) is 30.3 Å². The van der Waals surface area contributed by atoms with Crippen molar-refractivity contribution in [3.8, 4) is 0 Å². The predicted octanol–water partition coefficient (Wildman–Crippen LogP) is 2.39. The second kappa shape index (κ2) is 6.02. The summed E-state index contributed by atoms with van der Waals surface area (Å²) in [4.78, 5) is 0. The molecule has 1 aliphatic rings. The molecule has 2 rings (SSSR count). The largest absolute Gasteiger partial charge is 0.380 e. The Morgan fingerprint density at radius 1 is 1.38 bits per heavy atom. The molecule has 0 aromatic heterocycles. The van der Waals surface area contributed by atoms with E-state index in [1.807, 2.05) is 0 Å². The molecule has 2 heteroatoms. The maximum absolute atomic E-state index is 5.47. The molecule has 2 atom stereocenters. The highest BCUT2D eigenvalue weighted by Crippen LogP contribution is 2.09. The quantitative estimate of drug-likeness (QED) is 0.839. The van der Waals surface area contributed by atoms with Gasteiger partial charge in [-0.05, 0) is 31.7 Å². The van der Waals surface area contributed by atoms with Crippen molar-refractivity contribution in [1.29, 1.82) is 0 Å². The summed E-state index contributed by atoms with van der Waals surface area (Å²) < 4.78 is 5.47. The third-order valence-electron chi connectivity index (χ3n) is 3.07. The monoisotopic (exact) mass is 219 g/mol. The van der Waals surface area contributed by atoms with Crippen LogP contribution < -0.4 is 5.32 Å². The molecule has 1 fully saturated rings. The van der Waals surface area contributed by atoms with Crippen molar-refractivity contribution in [2.24, 2.45) is 0 Å². The molecule has 0 aliphatic carbocycles. The van der Waals surface area contributed by atoms with Gasteiger partial charge in [0, 0.05) is 18.7 Å². The zero-order chi connectivity index (χ0) is 11.2. The molecule has 2 unspecified atom stereocenters. The lowest BCUT2D eigenvalue weighted by molar-refractivity contribution is 0.0671. The van der Waals surface area contributed by atoms with Crippen LogP contribution in [-0.2, 0) is 11.2 Å². The molecule has 1 N–H and O–H groups in total. The van der Waals surface area contributed by atoms with Crippen LogP contribution in [0.25, 0.3) is 0 Å². The normalized spacial score (nSPS) is 22.9. The Morgan fingerprint density at radius 2 is 2.19 bits per heavy atom. The Labute approximate surface area is 98.0 Å². The fraction of sp³-hybridized carbons (Fsp3) is 0.571. The molecule has 1 aromatic rings. The lowest BCUT2D eigenvalue weighted by atomic mass is 10.0. The van der Waals surface area contributed by atoms with Crippen LogP contribution in [0.3, 0.4) is 0 Å². The van der Waals surface area contributed by atoms with E-state index in [2.05, 4.69) is 42.6 Å². The average Bonchev–Trinajstić information content (AvgIpc) is 2.31. The number of hydrogen-bond donors (Lipinski definition) is 1. The van der Waals surface area contributed by atoms with Crippen molar-refractivity contribution in [1.82, 2.24) is 5.32 Å². The molecule has 0 amide bonds. The van der Waals surface area contributed by atoms with Gasteiger partial charge in [-0.2, -0.15) is 0 Å². The van der Waals surface area contributed by atoms with Gasteiger partial charge in [0.1, 0.15) is 0 Å². The van der Waals surface area contributed by atoms with Crippen LogP contribution in [0, 0.1) is 0 Å². The van der Waals surface area contributed by atoms with Crippen LogP contribution in [0.1, 0.15) is 25.3 Å². The lowest BCUT2D eigenvalue weighted by Gasteiger charge is -2.26. The third kappa shape index (κ3) is 3.62. The summed E-state index contributed by atoms with van der Waals surface area (Å²) in [5, 5.41) is 3.64. The van der Waals surface area contributed by atoms with Crippen molar-refractivity contribution in [2.45, 2.75) is 38.3 Å². The zero-order valence-corrected chi connectivity index (χ0v) is 9.99. The summed E-state index contributed by atoms with van der Waals surface area (Å²) in [6.45, 7) is 4.06. The van der Waals surface area contributed by atoms with Gasteiger partial charge >= 0.3 is 0 Å². The van der Waals surface area contributed by atoms with Crippen LogP contribution in [-0.4, -0.2) is 25.3 Å². The van der Waals surface area contributed by atoms with Crippen LogP contribution in [0.2, 0.25) is 0 Å². The van der Waals surface area contributed by atoms with Crippen molar-refractivity contribution in [3.63, 3.8) is 0 Å². The van der Waals surface area contributed by atoms with E-state index < -0.39 is 0 Å². The molecular weight excluding hydrogens is 198 g/mol. The predicted molar refractivity (Wildman–Crippen MR) is 66.6 cm³/mol. The Balaban J connectivity index is 1.77. The third-order valence-corrected chi connectivity index (χ3v) is 3.07. The minimum Gasteiger partial charge on any atom is -0.380 e. The number of ether oxygens (including phenoxy) is 1. The van der Waals surface area contributed by atoms with Crippen molar-refractivity contribution in [3.05, 3.63) is 35.9 Å². The summed E-state index contributed by atoms with van der Waals surface area (Å²) in [5.74, 6) is 0. The van der Waals surface area contributed by atoms with Gasteiger partial charge in [-0.25, -0.2) is 0 Å². The van der Waals surface area contributed by atoms with Gasteiger partial charge in [0.15, 0.2) is 0 Å². The molecule has 2 nitrogen and oxygen atoms in total. The summed E-state index contributed by atoms with van der Waals surface area (Å²) in [6.07, 6.45) is 3.53. The van der Waals surface area contributed by atoms with Gasteiger partial charge in [-0.1, -0.05) is 30.3 Å². The van der Waals surface area contributed by atoms with E-state index in [1.54, 1.807) is 0 Å². The van der Waals surface area contributed by atoms with Crippen LogP contribution in [0.4, 0.5) is 0 Å². The minimum atomic E-state index is 0.522. The molecule has 1 aromatic carbocycles. The van der Waals surface area contributed by atoms with Gasteiger partial charge in [0.05, 0.1) is 6.61 Å². The van der Waals surface area contributed by atoms with Gasteiger partial charge in [-0.3, -0.25) is 0 Å². The van der Waals surface area contributed by atoms with E-state index >= 15 is 0 Å². The summed E-state index contributed by atoms with van der Waals surface area (Å²) in [7, 11) is 0. The van der Waals surface area contributed by atoms with E-state index in [0.717, 1.165) is 19.6 Å². The summed E-state index contributed by atoms with van der Waals surface area (Å²) >= 11 is 0. The first-order chi connectivity index (χ1) is 7.84. The zero-order valence-electron chi connectivity index (χ0n) is 9.99. The maximum atomic E-state index is 5.47. The van der Waals surface area contributed by atoms with Crippen molar-refractivity contribution < 1.29 is 4.74 Å². The van der Waals surface area contributed by atoms with E-state index in [9.17, 15) is 0 Å². The van der Waals surface area contributed by atoms with E-state index in [-0.39, 0.29) is 0 Å². The van der Waals surface area contributed by atoms with E-state index in [4.69, 9.17) is 4.74 Å². The first-order valence-electron chi connectivity index (χ1n) is 6.22. The second-order valence-electron chi connectivity index (χ2n) is 4.67. The standard InChI is InChI=1S/C14H21NO/c1-12(10-13-6-3-2-4-7-13)15-14-8-5-9-16-11-14/h2-4,6-7,12,14-15H,5,8-11H2,1H3. The van der Waals surface area contributed by atoms with Crippen LogP contribution in [0.5, 0.6) is 0 Å². The number of nitrogens with one attached hydrogen (secondary N) is 1. The Kier molecular flexibility index (Phi) is 4.37. The summed E-state index contributed by atoms with van der Waals surface area (Å²) in [5.41, 5.74) is 1.40. The fourth-order valence-electron chi connectivity index (χ4n) is 2.30. The highest BCUT2D eigenvalue weighted by molar-refractivity contribution is 5.15. The molecule has 1 aliphatic heterocycles. The Morgan fingerprint density at radius 3 is 2.88 bits per heavy atom. The van der Waals surface area contributed by atoms with Gasteiger partial charge in [0.2, 0.25) is 0 Å². The second-order valence-corrected chi connectivity index (χ2v) is 4.67. The molecule has 0 bridgehead atoms. The molecule has 88 valence electrons. The molecule has 1 heterocycles. The van der Waals surface area contributed by atoms with Crippen LogP contribution >= 0.6 is 0 Å². The van der Waals surface area contributed by atoms with E-state index in [0.29, 0.717) is 12.1 Å². The number of rotatable bonds is 4. The van der Waals surface area contributed by atoms with Gasteiger partial charge < -0.3 is 10.1 Å². The molecule has 1 saturated heterocycles. The molecular formula is C14H21NO. The minimum absolute atomic E-state index is 0.522. The lowest BCUT2D eigenvalue weighted by Crippen LogP contribution is -2.42. The maximum Gasteiger partial charge on any atom is 0.0619 e. The highest BCUT2D eigenvalue weighted by Gasteiger charge is 2.15. The first kappa shape index (κ1) is 11.6. The Bertz CT molecular complexity index is 293. The number of hydrogen-bond acceptors (Lipinski definition) is 2. The average molecular weight is 219 g/mol. The molecule has 0 spiro atoms. The van der Waals surface area contributed by atoms with Gasteiger partial charge in [-0.15, -0.1) is 0 Å². The molecule has 0 radical (unpaired) electrons. The number of benzene rings is 1. The highest BCUT2D eigenvalue weighted by atomic mass is 16.5. The molecule has 0 saturated carbocycles.